The van der Waals surface area contributed by atoms with E-state index in [1.54, 1.807) is 55.3 Å². The number of methoxy groups -OCH3 is 2. The molecule has 238 valence electrons. The highest BCUT2D eigenvalue weighted by atomic mass is 32.1. The molecule has 13 heteroatoms. The molecule has 0 unspecified atom stereocenters. The maximum atomic E-state index is 14.2. The Bertz CT molecular complexity index is 1830. The average Bonchev–Trinajstić information content (AvgIpc) is 3.34. The third-order valence-corrected chi connectivity index (χ3v) is 9.36. The second-order valence-electron chi connectivity index (χ2n) is 11.0. The molecule has 1 amide bonds. The molecule has 2 aliphatic rings. The Labute approximate surface area is 265 Å². The third kappa shape index (κ3) is 6.09. The lowest BCUT2D eigenvalue weighted by Gasteiger charge is -2.33. The zero-order chi connectivity index (χ0) is 32.4. The number of nitrogens with zero attached hydrogens (tertiary/aromatic N) is 6. The average molecular weight is 635 g/mol. The summed E-state index contributed by atoms with van der Waals surface area (Å²) in [6.07, 6.45) is 1.65. The number of ether oxygens (including phenoxy) is 2. The number of nitro benzene ring substituents is 1. The summed E-state index contributed by atoms with van der Waals surface area (Å²) in [7, 11) is 5.12. The topological polar surface area (TPSA) is 123 Å². The number of piperazine rings is 1. The summed E-state index contributed by atoms with van der Waals surface area (Å²) in [5, 5.41) is 12.1. The summed E-state index contributed by atoms with van der Waals surface area (Å²) >= 11 is 1.17. The molecule has 12 nitrogen and oxygen atoms in total. The molecule has 1 fully saturated rings. The van der Waals surface area contributed by atoms with Crippen LogP contribution in [0.25, 0.3) is 6.08 Å². The standard InChI is InChI=1S/C32H38N6O6S/c1-7-35(8-2)31(40)28-20(3)33-32-37(29(28)23-19-22(43-5)10-12-26(23)44-6)30(39)27(45-32)18-21-9-11-24(25(17-21)38(41)42)36-15-13-34(4)14-16-36/h9-12,17-19,29H,7-8,13-16H2,1-6H3/b27-18-/t29-/m0/s1. The SMILES string of the molecule is CCN(CC)C(=O)C1=C(C)N=c2s/c(=C\c3ccc(N4CCN(C)CC4)c([N+](=O)[O-])c3)c(=O)n2[C@H]1c1cc(OC)ccc1OC. The molecule has 1 atom stereocenters. The number of anilines is 1. The molecule has 1 saturated heterocycles. The number of nitro groups is 1. The van der Waals surface area contributed by atoms with E-state index in [0.717, 1.165) is 13.1 Å². The van der Waals surface area contributed by atoms with E-state index in [-0.39, 0.29) is 22.1 Å². The minimum Gasteiger partial charge on any atom is -0.497 e. The largest absolute Gasteiger partial charge is 0.497 e. The van der Waals surface area contributed by atoms with Crippen molar-refractivity contribution in [3.8, 4) is 11.5 Å². The normalized spacial score (nSPS) is 17.2. The second kappa shape index (κ2) is 13.2. The summed E-state index contributed by atoms with van der Waals surface area (Å²) in [4.78, 5) is 51.0. The van der Waals surface area contributed by atoms with Gasteiger partial charge in [0, 0.05) is 50.9 Å². The first kappa shape index (κ1) is 31.9. The third-order valence-electron chi connectivity index (χ3n) is 8.37. The Hall–Kier alpha value is -4.49. The molecule has 45 heavy (non-hydrogen) atoms. The fraction of sp³-hybridized carbons (Fsp3) is 0.406. The van der Waals surface area contributed by atoms with Gasteiger partial charge in [0.2, 0.25) is 0 Å². The molecule has 5 rings (SSSR count). The van der Waals surface area contributed by atoms with Crippen LogP contribution in [-0.2, 0) is 4.79 Å². The van der Waals surface area contributed by atoms with Crippen LogP contribution in [0.15, 0.2) is 57.5 Å². The summed E-state index contributed by atoms with van der Waals surface area (Å²) in [6, 6.07) is 9.50. The Kier molecular flexibility index (Phi) is 9.40. The van der Waals surface area contributed by atoms with Gasteiger partial charge in [-0.25, -0.2) is 4.99 Å². The van der Waals surface area contributed by atoms with Gasteiger partial charge in [-0.15, -0.1) is 0 Å². The zero-order valence-corrected chi connectivity index (χ0v) is 27.2. The van der Waals surface area contributed by atoms with Crippen molar-refractivity contribution in [2.75, 3.05) is 65.4 Å². The summed E-state index contributed by atoms with van der Waals surface area (Å²) in [5.41, 5.74) is 2.17. The Balaban J connectivity index is 1.68. The second-order valence-corrected chi connectivity index (χ2v) is 12.0. The Morgan fingerprint density at radius 3 is 2.44 bits per heavy atom. The molecular weight excluding hydrogens is 596 g/mol. The molecule has 1 aromatic heterocycles. The van der Waals surface area contributed by atoms with E-state index >= 15 is 0 Å². The number of thiazole rings is 1. The van der Waals surface area contributed by atoms with Crippen molar-refractivity contribution in [1.29, 1.82) is 0 Å². The first-order valence-corrected chi connectivity index (χ1v) is 15.7. The van der Waals surface area contributed by atoms with Crippen LogP contribution in [0, 0.1) is 10.1 Å². The quantitative estimate of drug-likeness (QED) is 0.260. The summed E-state index contributed by atoms with van der Waals surface area (Å²) in [6.45, 7) is 9.57. The zero-order valence-electron chi connectivity index (χ0n) is 26.4. The molecule has 2 aliphatic heterocycles. The highest BCUT2D eigenvalue weighted by Crippen LogP contribution is 2.38. The summed E-state index contributed by atoms with van der Waals surface area (Å²) in [5.74, 6) is 0.815. The maximum absolute atomic E-state index is 14.2. The number of amides is 1. The van der Waals surface area contributed by atoms with E-state index in [2.05, 4.69) is 4.90 Å². The van der Waals surface area contributed by atoms with Gasteiger partial charge in [-0.05, 0) is 63.7 Å². The fourth-order valence-corrected chi connectivity index (χ4v) is 6.91. The number of carbonyl (C=O) groups excluding carboxylic acids is 1. The van der Waals surface area contributed by atoms with Crippen molar-refractivity contribution in [3.05, 3.63) is 88.6 Å². The van der Waals surface area contributed by atoms with Crippen molar-refractivity contribution in [1.82, 2.24) is 14.4 Å². The number of aromatic nitrogens is 1. The van der Waals surface area contributed by atoms with Crippen LogP contribution in [0.1, 0.15) is 37.9 Å². The molecule has 0 aliphatic carbocycles. The lowest BCUT2D eigenvalue weighted by Crippen LogP contribution is -2.44. The van der Waals surface area contributed by atoms with Gasteiger partial charge >= 0.3 is 0 Å². The highest BCUT2D eigenvalue weighted by Gasteiger charge is 2.36. The van der Waals surface area contributed by atoms with Crippen molar-refractivity contribution >= 4 is 34.7 Å². The number of hydrogen-bond acceptors (Lipinski definition) is 10. The molecule has 3 aromatic rings. The molecule has 0 bridgehead atoms. The van der Waals surface area contributed by atoms with E-state index < -0.39 is 6.04 Å². The predicted molar refractivity (Wildman–Crippen MR) is 174 cm³/mol. The molecule has 3 heterocycles. The number of hydrogen-bond donors (Lipinski definition) is 0. The monoisotopic (exact) mass is 634 g/mol. The first-order valence-electron chi connectivity index (χ1n) is 14.9. The molecule has 0 spiro atoms. The minimum atomic E-state index is -0.838. The van der Waals surface area contributed by atoms with Gasteiger partial charge in [0.05, 0.1) is 34.9 Å². The molecular formula is C32H38N6O6S. The van der Waals surface area contributed by atoms with E-state index in [4.69, 9.17) is 14.5 Å². The molecule has 0 radical (unpaired) electrons. The van der Waals surface area contributed by atoms with E-state index in [0.29, 0.717) is 75.1 Å². The van der Waals surface area contributed by atoms with Gasteiger partial charge in [-0.1, -0.05) is 17.4 Å². The van der Waals surface area contributed by atoms with Crippen LogP contribution in [0.4, 0.5) is 11.4 Å². The van der Waals surface area contributed by atoms with Crippen LogP contribution in [0.5, 0.6) is 11.5 Å². The molecule has 2 aromatic carbocycles. The fourth-order valence-electron chi connectivity index (χ4n) is 5.87. The molecule has 0 saturated carbocycles. The Morgan fingerprint density at radius 1 is 1.11 bits per heavy atom. The van der Waals surface area contributed by atoms with Crippen molar-refractivity contribution < 1.29 is 19.2 Å². The van der Waals surface area contributed by atoms with E-state index in [1.807, 2.05) is 25.8 Å². The highest BCUT2D eigenvalue weighted by molar-refractivity contribution is 7.07. The lowest BCUT2D eigenvalue weighted by molar-refractivity contribution is -0.384. The lowest BCUT2D eigenvalue weighted by atomic mass is 9.93. The van der Waals surface area contributed by atoms with Gasteiger partial charge in [-0.2, -0.15) is 0 Å². The van der Waals surface area contributed by atoms with Crippen molar-refractivity contribution in [3.63, 3.8) is 0 Å². The van der Waals surface area contributed by atoms with Gasteiger partial charge in [0.1, 0.15) is 23.2 Å². The minimum absolute atomic E-state index is 0.0111. The van der Waals surface area contributed by atoms with Crippen molar-refractivity contribution in [2.45, 2.75) is 26.8 Å². The van der Waals surface area contributed by atoms with E-state index in [1.165, 1.54) is 29.1 Å². The number of carbonyl (C=O) groups is 1. The van der Waals surface area contributed by atoms with Crippen LogP contribution >= 0.6 is 11.3 Å². The smallest absolute Gasteiger partial charge is 0.293 e. The number of likely N-dealkylation sites (N-methyl/N-ethyl adjacent to an activating group) is 2. The van der Waals surface area contributed by atoms with Crippen LogP contribution in [-0.4, -0.2) is 85.7 Å². The summed E-state index contributed by atoms with van der Waals surface area (Å²) < 4.78 is 13.1. The first-order chi connectivity index (χ1) is 21.6. The van der Waals surface area contributed by atoms with Gasteiger partial charge in [-0.3, -0.25) is 24.3 Å². The maximum Gasteiger partial charge on any atom is 0.293 e. The molecule has 0 N–H and O–H groups in total. The van der Waals surface area contributed by atoms with Gasteiger partial charge in [0.25, 0.3) is 17.2 Å². The van der Waals surface area contributed by atoms with Crippen LogP contribution < -0.4 is 29.3 Å². The number of allylic oxidation sites excluding steroid dienone is 1. The Morgan fingerprint density at radius 2 is 1.82 bits per heavy atom. The van der Waals surface area contributed by atoms with Crippen molar-refractivity contribution in [2.24, 2.45) is 4.99 Å². The number of benzene rings is 2. The number of rotatable bonds is 9. The van der Waals surface area contributed by atoms with Gasteiger partial charge in [0.15, 0.2) is 4.80 Å². The van der Waals surface area contributed by atoms with E-state index in [9.17, 15) is 19.7 Å². The van der Waals surface area contributed by atoms with Crippen LogP contribution in [0.3, 0.4) is 0 Å². The van der Waals surface area contributed by atoms with Crippen LogP contribution in [0.2, 0.25) is 0 Å². The predicted octanol–water partition coefficient (Wildman–Crippen LogP) is 2.78. The number of fused-ring (bicyclic) bond motifs is 1. The van der Waals surface area contributed by atoms with Gasteiger partial charge < -0.3 is 24.2 Å².